The van der Waals surface area contributed by atoms with E-state index in [1.807, 2.05) is 0 Å². The van der Waals surface area contributed by atoms with Crippen molar-refractivity contribution < 1.29 is 45.4 Å². The number of nitrogens with zero attached hydrogens (tertiary/aromatic N) is 2. The summed E-state index contributed by atoms with van der Waals surface area (Å²) < 4.78 is 93.7. The van der Waals surface area contributed by atoms with Crippen molar-refractivity contribution >= 4 is 11.9 Å². The molecule has 0 aromatic heterocycles. The highest BCUT2D eigenvalue weighted by atomic mass is 19.4. The molecule has 3 atom stereocenters. The lowest BCUT2D eigenvalue weighted by molar-refractivity contribution is -0.348. The van der Waals surface area contributed by atoms with Crippen LogP contribution >= 0.6 is 0 Å². The van der Waals surface area contributed by atoms with Crippen LogP contribution in [0.3, 0.4) is 0 Å². The summed E-state index contributed by atoms with van der Waals surface area (Å²) in [6.45, 7) is 3.10. The normalized spacial score (nSPS) is 24.8. The van der Waals surface area contributed by atoms with Gasteiger partial charge >= 0.3 is 24.1 Å². The van der Waals surface area contributed by atoms with Gasteiger partial charge < -0.3 is 10.4 Å². The highest BCUT2D eigenvalue weighted by molar-refractivity contribution is 5.85. The number of fused-ring (bicyclic) bond motifs is 3. The number of hydrazine groups is 1. The Balaban J connectivity index is 1.51. The van der Waals surface area contributed by atoms with E-state index in [0.29, 0.717) is 37.0 Å². The predicted molar refractivity (Wildman–Crippen MR) is 117 cm³/mol. The molecular formula is C24H28F7N3O3. The predicted octanol–water partition coefficient (Wildman–Crippen LogP) is 4.71. The van der Waals surface area contributed by atoms with Gasteiger partial charge in [0.15, 0.2) is 0 Å². The zero-order chi connectivity index (χ0) is 27.6. The Bertz CT molecular complexity index is 1050. The third kappa shape index (κ3) is 4.86. The summed E-state index contributed by atoms with van der Waals surface area (Å²) in [6, 6.07) is 1.53. The number of benzene rings is 1. The molecule has 0 radical (unpaired) electrons. The van der Waals surface area contributed by atoms with Gasteiger partial charge in [0.1, 0.15) is 0 Å². The van der Waals surface area contributed by atoms with Gasteiger partial charge in [0.2, 0.25) is 5.91 Å². The molecule has 1 aliphatic heterocycles. The molecule has 1 saturated heterocycles. The van der Waals surface area contributed by atoms with E-state index in [1.54, 1.807) is 0 Å². The van der Waals surface area contributed by atoms with Gasteiger partial charge in [-0.3, -0.25) is 4.79 Å². The first-order valence-electron chi connectivity index (χ1n) is 12.0. The van der Waals surface area contributed by atoms with E-state index in [2.05, 4.69) is 5.32 Å². The average Bonchev–Trinajstić information content (AvgIpc) is 3.33. The van der Waals surface area contributed by atoms with E-state index in [-0.39, 0.29) is 55.3 Å². The smallest absolute Gasteiger partial charge is 0.389 e. The van der Waals surface area contributed by atoms with Crippen molar-refractivity contribution in [2.45, 2.75) is 81.5 Å². The van der Waals surface area contributed by atoms with Gasteiger partial charge in [-0.15, -0.1) is 0 Å². The van der Waals surface area contributed by atoms with E-state index in [9.17, 15) is 45.4 Å². The number of alkyl halides is 7. The Morgan fingerprint density at radius 1 is 1.03 bits per heavy atom. The summed E-state index contributed by atoms with van der Waals surface area (Å²) in [5, 5.41) is 15.4. The summed E-state index contributed by atoms with van der Waals surface area (Å²) in [5.41, 5.74) is -7.39. The molecule has 1 heterocycles. The number of aliphatic hydroxyl groups is 1. The maximum atomic E-state index is 14.5. The number of rotatable bonds is 4. The molecule has 2 aliphatic carbocycles. The van der Waals surface area contributed by atoms with Crippen molar-refractivity contribution in [3.63, 3.8) is 0 Å². The van der Waals surface area contributed by atoms with Crippen molar-refractivity contribution in [2.24, 2.45) is 5.92 Å². The molecule has 13 heteroatoms. The lowest BCUT2D eigenvalue weighted by Gasteiger charge is -2.36. The fourth-order valence-corrected chi connectivity index (χ4v) is 5.81. The van der Waals surface area contributed by atoms with Crippen LogP contribution in [0, 0.1) is 5.92 Å². The zero-order valence-electron chi connectivity index (χ0n) is 20.2. The molecule has 0 spiro atoms. The maximum absolute atomic E-state index is 14.5. The average molecular weight is 539 g/mol. The first-order chi connectivity index (χ1) is 16.9. The molecular weight excluding hydrogens is 511 g/mol. The standard InChI is InChI=1S/C24H28F7N3O3/c1-21(2,37)12-34-19(35)9-10-33(34)20(36)32-18-8-7-16-15-6-4-14(11-13(15)3-5-17(16)18)22(25,23(26,27)28)24(29,30)31/h4,6,11,16-18,37H,3,5,7-10,12H2,1-2H3,(H,32,36)/t16-,17+,18+/m0/s1. The molecule has 1 aromatic carbocycles. The number of carbonyl (C=O) groups excluding carboxylic acids is 2. The molecule has 3 amide bonds. The molecule has 1 aromatic rings. The number of nitrogens with one attached hydrogen (secondary N) is 1. The maximum Gasteiger partial charge on any atom is 0.435 e. The van der Waals surface area contributed by atoms with Crippen molar-refractivity contribution in [1.29, 1.82) is 0 Å². The van der Waals surface area contributed by atoms with Crippen LogP contribution in [0.25, 0.3) is 0 Å². The van der Waals surface area contributed by atoms with Crippen LogP contribution in [0.2, 0.25) is 0 Å². The second kappa shape index (κ2) is 9.02. The van der Waals surface area contributed by atoms with Crippen LogP contribution in [0.5, 0.6) is 0 Å². The molecule has 37 heavy (non-hydrogen) atoms. The Hall–Kier alpha value is -2.57. The zero-order valence-corrected chi connectivity index (χ0v) is 20.2. The number of halogens is 7. The second-order valence-corrected chi connectivity index (χ2v) is 10.6. The lowest BCUT2D eigenvalue weighted by Crippen LogP contribution is -2.54. The quantitative estimate of drug-likeness (QED) is 0.545. The van der Waals surface area contributed by atoms with E-state index >= 15 is 0 Å². The van der Waals surface area contributed by atoms with Crippen LogP contribution < -0.4 is 5.32 Å². The summed E-state index contributed by atoms with van der Waals surface area (Å²) in [4.78, 5) is 25.2. The molecule has 0 bridgehead atoms. The van der Waals surface area contributed by atoms with Crippen LogP contribution in [-0.2, 0) is 16.9 Å². The number of amides is 3. The number of β-amino-alcohol motifs (C(OH)–C–C–N with tert-alkyl or cyclic N) is 1. The molecule has 2 N–H and O–H groups in total. The number of hydrogen-bond acceptors (Lipinski definition) is 3. The highest BCUT2D eigenvalue weighted by Gasteiger charge is 2.73. The Labute approximate surface area is 208 Å². The first-order valence-corrected chi connectivity index (χ1v) is 12.0. The topological polar surface area (TPSA) is 72.9 Å². The minimum Gasteiger partial charge on any atom is -0.389 e. The summed E-state index contributed by atoms with van der Waals surface area (Å²) in [7, 11) is 0. The fourth-order valence-electron chi connectivity index (χ4n) is 5.81. The fraction of sp³-hybridized carbons (Fsp3) is 0.667. The summed E-state index contributed by atoms with van der Waals surface area (Å²) in [5.74, 6) is -0.643. The minimum atomic E-state index is -6.17. The monoisotopic (exact) mass is 539 g/mol. The molecule has 4 rings (SSSR count). The molecule has 0 unspecified atom stereocenters. The Kier molecular flexibility index (Phi) is 6.70. The van der Waals surface area contributed by atoms with Crippen LogP contribution in [0.4, 0.5) is 35.5 Å². The van der Waals surface area contributed by atoms with Gasteiger partial charge in [-0.2, -0.15) is 26.3 Å². The van der Waals surface area contributed by atoms with E-state index in [1.165, 1.54) is 23.9 Å². The van der Waals surface area contributed by atoms with Gasteiger partial charge in [0.05, 0.1) is 18.7 Å². The van der Waals surface area contributed by atoms with E-state index in [4.69, 9.17) is 0 Å². The van der Waals surface area contributed by atoms with E-state index < -0.39 is 35.2 Å². The number of aryl methyl sites for hydroxylation is 1. The van der Waals surface area contributed by atoms with Gasteiger partial charge in [-0.1, -0.05) is 18.2 Å². The number of hydrogen-bond donors (Lipinski definition) is 2. The van der Waals surface area contributed by atoms with Crippen molar-refractivity contribution in [2.75, 3.05) is 13.1 Å². The largest absolute Gasteiger partial charge is 0.435 e. The first kappa shape index (κ1) is 27.5. The molecule has 3 aliphatic rings. The molecule has 6 nitrogen and oxygen atoms in total. The summed E-state index contributed by atoms with van der Waals surface area (Å²) in [6.07, 6.45) is -10.7. The van der Waals surface area contributed by atoms with Gasteiger partial charge in [-0.05, 0) is 62.5 Å². The van der Waals surface area contributed by atoms with Gasteiger partial charge in [0, 0.05) is 18.0 Å². The second-order valence-electron chi connectivity index (χ2n) is 10.6. The Morgan fingerprint density at radius 2 is 1.68 bits per heavy atom. The molecule has 206 valence electrons. The number of urea groups is 1. The third-order valence-corrected chi connectivity index (χ3v) is 7.49. The Morgan fingerprint density at radius 3 is 2.27 bits per heavy atom. The number of carbonyl (C=O) groups is 2. The van der Waals surface area contributed by atoms with E-state index in [0.717, 1.165) is 6.07 Å². The van der Waals surface area contributed by atoms with Gasteiger partial charge in [0.25, 0.3) is 0 Å². The molecule has 1 saturated carbocycles. The van der Waals surface area contributed by atoms with Crippen LogP contribution in [-0.4, -0.2) is 64.1 Å². The van der Waals surface area contributed by atoms with Crippen molar-refractivity contribution in [3.05, 3.63) is 34.9 Å². The highest BCUT2D eigenvalue weighted by Crippen LogP contribution is 2.54. The van der Waals surface area contributed by atoms with Crippen LogP contribution in [0.1, 0.15) is 62.1 Å². The third-order valence-electron chi connectivity index (χ3n) is 7.49. The molecule has 2 fully saturated rings. The minimum absolute atomic E-state index is 0.0718. The SMILES string of the molecule is CC(C)(O)CN1C(=O)CCN1C(=O)N[C@@H]1CC[C@H]2c3ccc(C(F)(C(F)(F)F)C(F)(F)F)cc3CC[C@@H]12. The summed E-state index contributed by atoms with van der Waals surface area (Å²) >= 11 is 0. The van der Waals surface area contributed by atoms with Crippen LogP contribution in [0.15, 0.2) is 18.2 Å². The lowest BCUT2D eigenvalue weighted by atomic mass is 9.74. The van der Waals surface area contributed by atoms with Crippen molar-refractivity contribution in [3.8, 4) is 0 Å². The van der Waals surface area contributed by atoms with Crippen molar-refractivity contribution in [1.82, 2.24) is 15.3 Å². The van der Waals surface area contributed by atoms with Gasteiger partial charge in [-0.25, -0.2) is 19.2 Å².